The lowest BCUT2D eigenvalue weighted by Crippen LogP contribution is -1.97. The van der Waals surface area contributed by atoms with E-state index in [0.717, 1.165) is 37.9 Å². The van der Waals surface area contributed by atoms with E-state index < -0.39 is 0 Å². The van der Waals surface area contributed by atoms with Gasteiger partial charge in [-0.1, -0.05) is 35.9 Å². The van der Waals surface area contributed by atoms with Crippen LogP contribution in [0.15, 0.2) is 48.1 Å². The first-order valence-corrected chi connectivity index (χ1v) is 9.62. The highest BCUT2D eigenvalue weighted by molar-refractivity contribution is 7.17. The fourth-order valence-corrected chi connectivity index (χ4v) is 4.05. The van der Waals surface area contributed by atoms with E-state index in [1.165, 1.54) is 16.7 Å². The second kappa shape index (κ2) is 6.71. The van der Waals surface area contributed by atoms with Crippen molar-refractivity contribution in [2.75, 3.05) is 5.32 Å². The van der Waals surface area contributed by atoms with Gasteiger partial charge in [-0.25, -0.2) is 9.97 Å². The van der Waals surface area contributed by atoms with Gasteiger partial charge in [0.15, 0.2) is 0 Å². The molecule has 4 rings (SSSR count). The number of rotatable bonds is 3. The molecule has 0 unspecified atom stereocenters. The standard InChI is InChI=1S/C21H18ClN3S/c1-12-7-8-15(9-13(12)2)16-10-26-21-19(16)20(23-11-24-21)25-18-6-4-5-17(22)14(18)3/h4-11H,1-3H3,(H,23,24,25). The van der Waals surface area contributed by atoms with Crippen LogP contribution in [0.1, 0.15) is 16.7 Å². The Morgan fingerprint density at radius 2 is 1.85 bits per heavy atom. The molecule has 0 radical (unpaired) electrons. The Morgan fingerprint density at radius 1 is 1.00 bits per heavy atom. The summed E-state index contributed by atoms with van der Waals surface area (Å²) in [5.41, 5.74) is 6.85. The van der Waals surface area contributed by atoms with Crippen LogP contribution >= 0.6 is 22.9 Å². The fraction of sp³-hybridized carbons (Fsp3) is 0.143. The van der Waals surface area contributed by atoms with E-state index in [-0.39, 0.29) is 0 Å². The number of aryl methyl sites for hydroxylation is 2. The molecular weight excluding hydrogens is 362 g/mol. The van der Waals surface area contributed by atoms with Gasteiger partial charge in [0.05, 0.1) is 5.39 Å². The third-order valence-electron chi connectivity index (χ3n) is 4.71. The quantitative estimate of drug-likeness (QED) is 0.431. The molecule has 26 heavy (non-hydrogen) atoms. The van der Waals surface area contributed by atoms with Crippen LogP contribution in [-0.4, -0.2) is 9.97 Å². The summed E-state index contributed by atoms with van der Waals surface area (Å²) in [7, 11) is 0. The predicted molar refractivity (Wildman–Crippen MR) is 112 cm³/mol. The Hall–Kier alpha value is -2.43. The Morgan fingerprint density at radius 3 is 2.65 bits per heavy atom. The Kier molecular flexibility index (Phi) is 4.39. The number of halogens is 1. The summed E-state index contributed by atoms with van der Waals surface area (Å²) in [5, 5.41) is 7.38. The highest BCUT2D eigenvalue weighted by Gasteiger charge is 2.14. The summed E-state index contributed by atoms with van der Waals surface area (Å²) >= 11 is 7.90. The number of nitrogens with zero attached hydrogens (tertiary/aromatic N) is 2. The number of benzene rings is 2. The summed E-state index contributed by atoms with van der Waals surface area (Å²) < 4.78 is 0. The zero-order valence-electron chi connectivity index (χ0n) is 14.8. The minimum absolute atomic E-state index is 0.736. The van der Waals surface area contributed by atoms with Gasteiger partial charge in [-0.3, -0.25) is 0 Å². The normalized spacial score (nSPS) is 11.1. The van der Waals surface area contributed by atoms with Gasteiger partial charge >= 0.3 is 0 Å². The number of anilines is 2. The summed E-state index contributed by atoms with van der Waals surface area (Å²) in [6, 6.07) is 12.4. The average molecular weight is 380 g/mol. The summed E-state index contributed by atoms with van der Waals surface area (Å²) in [6.07, 6.45) is 1.60. The van der Waals surface area contributed by atoms with Gasteiger partial charge in [0, 0.05) is 21.7 Å². The molecule has 0 bridgehead atoms. The number of thiophene rings is 1. The Bertz CT molecular complexity index is 1120. The van der Waals surface area contributed by atoms with E-state index >= 15 is 0 Å². The number of hydrogen-bond acceptors (Lipinski definition) is 4. The molecule has 2 heterocycles. The van der Waals surface area contributed by atoms with E-state index in [2.05, 4.69) is 52.7 Å². The van der Waals surface area contributed by atoms with Crippen LogP contribution in [0.4, 0.5) is 11.5 Å². The zero-order chi connectivity index (χ0) is 18.3. The minimum Gasteiger partial charge on any atom is -0.339 e. The molecule has 2 aromatic carbocycles. The number of hydrogen-bond donors (Lipinski definition) is 1. The summed E-state index contributed by atoms with van der Waals surface area (Å²) in [6.45, 7) is 6.27. The van der Waals surface area contributed by atoms with E-state index in [1.807, 2.05) is 25.1 Å². The fourth-order valence-electron chi connectivity index (χ4n) is 2.96. The van der Waals surface area contributed by atoms with Crippen LogP contribution < -0.4 is 5.32 Å². The van der Waals surface area contributed by atoms with Crippen molar-refractivity contribution in [2.45, 2.75) is 20.8 Å². The van der Waals surface area contributed by atoms with Gasteiger partial charge < -0.3 is 5.32 Å². The van der Waals surface area contributed by atoms with Crippen LogP contribution in [0.25, 0.3) is 21.3 Å². The van der Waals surface area contributed by atoms with Crippen LogP contribution in [0, 0.1) is 20.8 Å². The van der Waals surface area contributed by atoms with Crippen LogP contribution in [-0.2, 0) is 0 Å². The maximum atomic E-state index is 6.27. The highest BCUT2D eigenvalue weighted by Crippen LogP contribution is 2.38. The van der Waals surface area contributed by atoms with Gasteiger partial charge in [0.25, 0.3) is 0 Å². The van der Waals surface area contributed by atoms with Crippen LogP contribution in [0.2, 0.25) is 5.02 Å². The lowest BCUT2D eigenvalue weighted by atomic mass is 10.0. The topological polar surface area (TPSA) is 37.8 Å². The third-order valence-corrected chi connectivity index (χ3v) is 6.00. The van der Waals surface area contributed by atoms with Crippen molar-refractivity contribution < 1.29 is 0 Å². The molecule has 2 aromatic heterocycles. The average Bonchev–Trinajstić information content (AvgIpc) is 3.06. The number of nitrogens with one attached hydrogen (secondary N) is 1. The summed E-state index contributed by atoms with van der Waals surface area (Å²) in [4.78, 5) is 9.93. The van der Waals surface area contributed by atoms with Crippen molar-refractivity contribution >= 4 is 44.7 Å². The largest absolute Gasteiger partial charge is 0.339 e. The van der Waals surface area contributed by atoms with Crippen molar-refractivity contribution in [3.8, 4) is 11.1 Å². The molecule has 0 saturated carbocycles. The van der Waals surface area contributed by atoms with Crippen molar-refractivity contribution in [1.82, 2.24) is 9.97 Å². The van der Waals surface area contributed by atoms with Gasteiger partial charge in [-0.05, 0) is 55.2 Å². The van der Waals surface area contributed by atoms with Crippen molar-refractivity contribution in [3.63, 3.8) is 0 Å². The third kappa shape index (κ3) is 2.96. The molecule has 0 fully saturated rings. The smallest absolute Gasteiger partial charge is 0.143 e. The zero-order valence-corrected chi connectivity index (χ0v) is 16.4. The molecule has 0 saturated heterocycles. The van der Waals surface area contributed by atoms with Crippen molar-refractivity contribution in [2.24, 2.45) is 0 Å². The summed E-state index contributed by atoms with van der Waals surface area (Å²) in [5.74, 6) is 0.801. The molecule has 4 aromatic rings. The van der Waals surface area contributed by atoms with Gasteiger partial charge in [0.2, 0.25) is 0 Å². The Balaban J connectivity index is 1.87. The molecule has 3 nitrogen and oxygen atoms in total. The first-order valence-electron chi connectivity index (χ1n) is 8.36. The predicted octanol–water partition coefficient (Wildman–Crippen LogP) is 6.68. The van der Waals surface area contributed by atoms with Crippen LogP contribution in [0.5, 0.6) is 0 Å². The lowest BCUT2D eigenvalue weighted by molar-refractivity contribution is 1.23. The molecule has 1 N–H and O–H groups in total. The van der Waals surface area contributed by atoms with Crippen LogP contribution in [0.3, 0.4) is 0 Å². The molecule has 0 aliphatic carbocycles. The first kappa shape index (κ1) is 17.0. The minimum atomic E-state index is 0.736. The number of fused-ring (bicyclic) bond motifs is 1. The highest BCUT2D eigenvalue weighted by atomic mass is 35.5. The second-order valence-electron chi connectivity index (χ2n) is 6.39. The van der Waals surface area contributed by atoms with Crippen molar-refractivity contribution in [1.29, 1.82) is 0 Å². The molecule has 5 heteroatoms. The molecule has 0 aliphatic rings. The van der Waals surface area contributed by atoms with Gasteiger partial charge in [-0.2, -0.15) is 0 Å². The molecule has 0 atom stereocenters. The van der Waals surface area contributed by atoms with Gasteiger partial charge in [0.1, 0.15) is 17.0 Å². The first-order chi connectivity index (χ1) is 12.5. The maximum absolute atomic E-state index is 6.27. The molecule has 0 aliphatic heterocycles. The van der Waals surface area contributed by atoms with E-state index in [9.17, 15) is 0 Å². The maximum Gasteiger partial charge on any atom is 0.143 e. The number of aromatic nitrogens is 2. The Labute approximate surface area is 161 Å². The van der Waals surface area contributed by atoms with Gasteiger partial charge in [-0.15, -0.1) is 11.3 Å². The lowest BCUT2D eigenvalue weighted by Gasteiger charge is -2.12. The van der Waals surface area contributed by atoms with E-state index in [4.69, 9.17) is 11.6 Å². The molecule has 130 valence electrons. The monoisotopic (exact) mass is 379 g/mol. The molecular formula is C21H18ClN3S. The SMILES string of the molecule is Cc1ccc(-c2csc3ncnc(Nc4cccc(Cl)c4C)c23)cc1C. The molecule has 0 spiro atoms. The van der Waals surface area contributed by atoms with Crippen molar-refractivity contribution in [3.05, 3.63) is 69.8 Å². The van der Waals surface area contributed by atoms with E-state index in [0.29, 0.717) is 0 Å². The molecule has 0 amide bonds. The second-order valence-corrected chi connectivity index (χ2v) is 7.65. The van der Waals surface area contributed by atoms with E-state index in [1.54, 1.807) is 17.7 Å².